The maximum absolute atomic E-state index is 5.58. The highest BCUT2D eigenvalue weighted by Crippen LogP contribution is 2.33. The van der Waals surface area contributed by atoms with E-state index in [4.69, 9.17) is 9.47 Å². The highest BCUT2D eigenvalue weighted by atomic mass is 16.5. The lowest BCUT2D eigenvalue weighted by atomic mass is 10.1. The van der Waals surface area contributed by atoms with Gasteiger partial charge in [0.25, 0.3) is 0 Å². The number of benzene rings is 1. The molecule has 1 aliphatic rings. The second-order valence-electron chi connectivity index (χ2n) is 6.43. The Balaban J connectivity index is 1.85. The number of nitrogens with zero attached hydrogens (tertiary/aromatic N) is 3. The fraction of sp³-hybridized carbons (Fsp3) is 0.526. The smallest absolute Gasteiger partial charge is 0.127 e. The number of methoxy groups -OCH3 is 2. The van der Waals surface area contributed by atoms with E-state index in [1.54, 1.807) is 14.2 Å². The number of hydrogen-bond acceptors (Lipinski definition) is 4. The van der Waals surface area contributed by atoms with Gasteiger partial charge in [-0.05, 0) is 31.5 Å². The van der Waals surface area contributed by atoms with Gasteiger partial charge in [0.1, 0.15) is 11.5 Å². The molecule has 0 spiro atoms. The predicted molar refractivity (Wildman–Crippen MR) is 94.4 cm³/mol. The molecule has 2 aromatic rings. The van der Waals surface area contributed by atoms with Gasteiger partial charge < -0.3 is 9.47 Å². The summed E-state index contributed by atoms with van der Waals surface area (Å²) >= 11 is 0. The molecule has 1 atom stereocenters. The third kappa shape index (κ3) is 3.73. The Morgan fingerprint density at radius 2 is 2.00 bits per heavy atom. The van der Waals surface area contributed by atoms with E-state index in [-0.39, 0.29) is 0 Å². The van der Waals surface area contributed by atoms with E-state index in [0.29, 0.717) is 6.04 Å². The van der Waals surface area contributed by atoms with E-state index in [9.17, 15) is 0 Å². The normalized spacial score (nSPS) is 19.0. The predicted octanol–water partition coefficient (Wildman–Crippen LogP) is 3.55. The van der Waals surface area contributed by atoms with Crippen LogP contribution in [0.15, 0.2) is 30.5 Å². The van der Waals surface area contributed by atoms with Crippen molar-refractivity contribution in [2.45, 2.75) is 38.3 Å². The van der Waals surface area contributed by atoms with Crippen molar-refractivity contribution in [1.29, 1.82) is 0 Å². The van der Waals surface area contributed by atoms with Crippen molar-refractivity contribution in [3.63, 3.8) is 0 Å². The molecule has 130 valence electrons. The van der Waals surface area contributed by atoms with Crippen LogP contribution in [0.2, 0.25) is 0 Å². The lowest BCUT2D eigenvalue weighted by Crippen LogP contribution is -2.28. The van der Waals surface area contributed by atoms with E-state index < -0.39 is 0 Å². The van der Waals surface area contributed by atoms with Crippen LogP contribution in [0.4, 0.5) is 0 Å². The third-order valence-electron chi connectivity index (χ3n) is 4.81. The minimum Gasteiger partial charge on any atom is -0.497 e. The molecule has 0 bridgehead atoms. The van der Waals surface area contributed by atoms with Crippen LogP contribution in [0.1, 0.15) is 43.0 Å². The van der Waals surface area contributed by atoms with Crippen LogP contribution in [0.3, 0.4) is 0 Å². The molecular weight excluding hydrogens is 302 g/mol. The van der Waals surface area contributed by atoms with E-state index in [0.717, 1.165) is 31.0 Å². The maximum Gasteiger partial charge on any atom is 0.127 e. The summed E-state index contributed by atoms with van der Waals surface area (Å²) in [5, 5.41) is 4.66. The van der Waals surface area contributed by atoms with Crippen LogP contribution in [-0.2, 0) is 13.6 Å². The third-order valence-corrected chi connectivity index (χ3v) is 4.81. The van der Waals surface area contributed by atoms with E-state index in [1.165, 1.54) is 30.5 Å². The summed E-state index contributed by atoms with van der Waals surface area (Å²) in [5.74, 6) is 1.71. The Labute approximate surface area is 144 Å². The van der Waals surface area contributed by atoms with Crippen LogP contribution < -0.4 is 9.47 Å². The Morgan fingerprint density at radius 1 is 1.12 bits per heavy atom. The number of hydrogen-bond donors (Lipinski definition) is 0. The number of likely N-dealkylation sites (tertiary alicyclic amines) is 1. The fourth-order valence-corrected chi connectivity index (χ4v) is 3.50. The summed E-state index contributed by atoms with van der Waals surface area (Å²) < 4.78 is 12.8. The number of rotatable bonds is 5. The first-order valence-electron chi connectivity index (χ1n) is 8.65. The van der Waals surface area contributed by atoms with Crippen molar-refractivity contribution in [1.82, 2.24) is 14.7 Å². The Hall–Kier alpha value is -2.01. The van der Waals surface area contributed by atoms with Crippen molar-refractivity contribution in [2.75, 3.05) is 20.8 Å². The van der Waals surface area contributed by atoms with Crippen LogP contribution in [0.25, 0.3) is 0 Å². The zero-order valence-electron chi connectivity index (χ0n) is 14.9. The van der Waals surface area contributed by atoms with Crippen LogP contribution in [0, 0.1) is 0 Å². The molecule has 0 radical (unpaired) electrons. The first-order chi connectivity index (χ1) is 11.7. The topological polar surface area (TPSA) is 39.5 Å². The molecule has 2 heterocycles. The lowest BCUT2D eigenvalue weighted by molar-refractivity contribution is 0.186. The van der Waals surface area contributed by atoms with Gasteiger partial charge in [-0.1, -0.05) is 18.9 Å². The van der Waals surface area contributed by atoms with Crippen LogP contribution in [-0.4, -0.2) is 35.4 Å². The number of ether oxygens (including phenoxy) is 2. The Bertz CT molecular complexity index is 668. The molecule has 1 saturated heterocycles. The molecule has 0 unspecified atom stereocenters. The Kier molecular flexibility index (Phi) is 5.41. The highest BCUT2D eigenvalue weighted by Gasteiger charge is 2.25. The van der Waals surface area contributed by atoms with Gasteiger partial charge >= 0.3 is 0 Å². The molecule has 3 rings (SSSR count). The summed E-state index contributed by atoms with van der Waals surface area (Å²) in [4.78, 5) is 2.54. The first-order valence-corrected chi connectivity index (χ1v) is 8.65. The van der Waals surface area contributed by atoms with Crippen molar-refractivity contribution < 1.29 is 9.47 Å². The number of aromatic nitrogens is 2. The fourth-order valence-electron chi connectivity index (χ4n) is 3.50. The average molecular weight is 329 g/mol. The minimum atomic E-state index is 0.375. The van der Waals surface area contributed by atoms with Gasteiger partial charge in [-0.3, -0.25) is 9.58 Å². The molecule has 0 aliphatic carbocycles. The van der Waals surface area contributed by atoms with E-state index >= 15 is 0 Å². The molecule has 24 heavy (non-hydrogen) atoms. The maximum atomic E-state index is 5.58. The molecule has 5 nitrogen and oxygen atoms in total. The van der Waals surface area contributed by atoms with Crippen molar-refractivity contribution >= 4 is 0 Å². The molecule has 1 fully saturated rings. The van der Waals surface area contributed by atoms with Crippen LogP contribution in [0.5, 0.6) is 11.5 Å². The lowest BCUT2D eigenvalue weighted by Gasteiger charge is -2.29. The van der Waals surface area contributed by atoms with Gasteiger partial charge in [-0.2, -0.15) is 5.10 Å². The standard InChI is InChI=1S/C19H27N3O2/c1-21-12-10-17(20-21)18-7-5-4-6-11-22(18)14-15-8-9-16(23-2)13-19(15)24-3/h8-10,12-13,18H,4-7,11,14H2,1-3H3/t18-/m0/s1. The molecule has 1 aromatic carbocycles. The summed E-state index contributed by atoms with van der Waals surface area (Å²) in [7, 11) is 5.38. The largest absolute Gasteiger partial charge is 0.497 e. The van der Waals surface area contributed by atoms with Crippen molar-refractivity contribution in [3.05, 3.63) is 41.7 Å². The van der Waals surface area contributed by atoms with Gasteiger partial charge in [-0.25, -0.2) is 0 Å². The summed E-state index contributed by atoms with van der Waals surface area (Å²) in [5.41, 5.74) is 2.37. The summed E-state index contributed by atoms with van der Waals surface area (Å²) in [6.07, 6.45) is 6.99. The van der Waals surface area contributed by atoms with Crippen molar-refractivity contribution in [2.24, 2.45) is 7.05 Å². The second kappa shape index (κ2) is 7.71. The van der Waals surface area contributed by atoms with Gasteiger partial charge in [0.2, 0.25) is 0 Å². The molecule has 0 amide bonds. The van der Waals surface area contributed by atoms with Gasteiger partial charge in [0.15, 0.2) is 0 Å². The highest BCUT2D eigenvalue weighted by molar-refractivity contribution is 5.40. The molecule has 0 saturated carbocycles. The second-order valence-corrected chi connectivity index (χ2v) is 6.43. The van der Waals surface area contributed by atoms with Gasteiger partial charge in [0.05, 0.1) is 26.0 Å². The van der Waals surface area contributed by atoms with Crippen molar-refractivity contribution in [3.8, 4) is 11.5 Å². The number of aryl methyl sites for hydroxylation is 1. The zero-order valence-corrected chi connectivity index (χ0v) is 14.9. The van der Waals surface area contributed by atoms with Gasteiger partial charge in [-0.15, -0.1) is 0 Å². The quantitative estimate of drug-likeness (QED) is 0.841. The summed E-state index contributed by atoms with van der Waals surface area (Å²) in [6.45, 7) is 1.96. The molecule has 5 heteroatoms. The van der Waals surface area contributed by atoms with Gasteiger partial charge in [0, 0.05) is 31.4 Å². The van der Waals surface area contributed by atoms with E-state index in [1.807, 2.05) is 30.1 Å². The molecule has 1 aromatic heterocycles. The van der Waals surface area contributed by atoms with E-state index in [2.05, 4.69) is 22.1 Å². The molecular formula is C19H27N3O2. The minimum absolute atomic E-state index is 0.375. The zero-order chi connectivity index (χ0) is 16.9. The average Bonchev–Trinajstić information content (AvgIpc) is 2.90. The first kappa shape index (κ1) is 16.8. The SMILES string of the molecule is COc1ccc(CN2CCCCC[C@H]2c2ccn(C)n2)c(OC)c1. The monoisotopic (exact) mass is 329 g/mol. The Morgan fingerprint density at radius 3 is 2.71 bits per heavy atom. The molecule has 0 N–H and O–H groups in total. The molecule has 1 aliphatic heterocycles. The van der Waals surface area contributed by atoms with Crippen LogP contribution >= 0.6 is 0 Å². The summed E-state index contributed by atoms with van der Waals surface area (Å²) in [6, 6.07) is 8.60.